The Morgan fingerprint density at radius 3 is 2.62 bits per heavy atom. The van der Waals surface area contributed by atoms with Crippen molar-refractivity contribution in [3.05, 3.63) is 0 Å². The molecule has 1 saturated carbocycles. The Kier molecular flexibility index (Phi) is 7.01. The lowest BCUT2D eigenvalue weighted by atomic mass is 9.89. The Morgan fingerprint density at radius 1 is 1.19 bits per heavy atom. The monoisotopic (exact) mass is 294 g/mol. The molecular weight excluding hydrogens is 260 g/mol. The first-order valence-electron chi connectivity index (χ1n) is 9.25. The Labute approximate surface area is 130 Å². The lowest BCUT2D eigenvalue weighted by Gasteiger charge is -2.39. The average Bonchev–Trinajstić information content (AvgIpc) is 3.03. The van der Waals surface area contributed by atoms with E-state index in [0.29, 0.717) is 17.9 Å². The fourth-order valence-electron chi connectivity index (χ4n) is 4.06. The summed E-state index contributed by atoms with van der Waals surface area (Å²) in [7, 11) is 0. The van der Waals surface area contributed by atoms with Gasteiger partial charge in [0.05, 0.1) is 0 Å². The summed E-state index contributed by atoms with van der Waals surface area (Å²) in [6.07, 6.45) is 10.9. The summed E-state index contributed by atoms with van der Waals surface area (Å²) in [4.78, 5) is 14.6. The Bertz CT molecular complexity index is 312. The number of carbonyl (C=O) groups excluding carboxylic acids is 1. The number of nitrogens with one attached hydrogen (secondary N) is 1. The molecular formula is C18H34N2O. The summed E-state index contributed by atoms with van der Waals surface area (Å²) < 4.78 is 0. The van der Waals surface area contributed by atoms with E-state index in [9.17, 15) is 4.79 Å². The molecule has 1 saturated heterocycles. The smallest absolute Gasteiger partial charge is 0.222 e. The number of piperidine rings is 1. The second-order valence-electron chi connectivity index (χ2n) is 7.05. The molecule has 2 unspecified atom stereocenters. The van der Waals surface area contributed by atoms with Crippen LogP contribution in [-0.4, -0.2) is 36.5 Å². The fraction of sp³-hybridized carbons (Fsp3) is 0.944. The van der Waals surface area contributed by atoms with E-state index in [1.54, 1.807) is 0 Å². The lowest BCUT2D eigenvalue weighted by molar-refractivity contribution is -0.133. The van der Waals surface area contributed by atoms with Gasteiger partial charge < -0.3 is 10.2 Å². The molecule has 0 aromatic carbocycles. The second kappa shape index (κ2) is 8.77. The maximum absolute atomic E-state index is 12.4. The summed E-state index contributed by atoms with van der Waals surface area (Å²) in [5, 5.41) is 3.67. The molecule has 1 aliphatic heterocycles. The molecule has 1 amide bonds. The van der Waals surface area contributed by atoms with Crippen LogP contribution in [0.3, 0.4) is 0 Å². The highest BCUT2D eigenvalue weighted by molar-refractivity contribution is 5.76. The molecule has 0 radical (unpaired) electrons. The van der Waals surface area contributed by atoms with Crippen LogP contribution in [0.15, 0.2) is 0 Å². The van der Waals surface area contributed by atoms with E-state index in [0.717, 1.165) is 44.8 Å². The molecule has 2 aliphatic rings. The second-order valence-corrected chi connectivity index (χ2v) is 7.05. The van der Waals surface area contributed by atoms with Crippen molar-refractivity contribution in [2.75, 3.05) is 19.6 Å². The van der Waals surface area contributed by atoms with Crippen LogP contribution in [0.2, 0.25) is 0 Å². The molecule has 0 spiro atoms. The van der Waals surface area contributed by atoms with Gasteiger partial charge in [0.1, 0.15) is 0 Å². The minimum Gasteiger partial charge on any atom is -0.342 e. The van der Waals surface area contributed by atoms with Crippen LogP contribution < -0.4 is 5.32 Å². The minimum atomic E-state index is 0.411. The first-order chi connectivity index (χ1) is 10.2. The summed E-state index contributed by atoms with van der Waals surface area (Å²) in [5.41, 5.74) is 0. The number of hydrogen-bond acceptors (Lipinski definition) is 2. The third-order valence-electron chi connectivity index (χ3n) is 5.51. The molecule has 3 nitrogen and oxygen atoms in total. The lowest BCUT2D eigenvalue weighted by Crippen LogP contribution is -2.51. The van der Waals surface area contributed by atoms with Crippen LogP contribution in [0.5, 0.6) is 0 Å². The number of hydrogen-bond donors (Lipinski definition) is 1. The van der Waals surface area contributed by atoms with E-state index in [1.165, 1.54) is 38.5 Å². The van der Waals surface area contributed by atoms with Crippen molar-refractivity contribution in [3.63, 3.8) is 0 Å². The maximum Gasteiger partial charge on any atom is 0.222 e. The molecule has 3 heteroatoms. The highest BCUT2D eigenvalue weighted by Gasteiger charge is 2.30. The standard InChI is InChI=1S/C18H34N2O/c1-3-12-19-17-11-13-20(14-16(17)4-2)18(21)10-9-15-7-5-6-8-15/h15-17,19H,3-14H2,1-2H3. The van der Waals surface area contributed by atoms with Crippen molar-refractivity contribution in [1.82, 2.24) is 10.2 Å². The van der Waals surface area contributed by atoms with E-state index in [1.807, 2.05) is 0 Å². The maximum atomic E-state index is 12.4. The van der Waals surface area contributed by atoms with Crippen LogP contribution in [0.25, 0.3) is 0 Å². The van der Waals surface area contributed by atoms with Crippen LogP contribution in [0.1, 0.15) is 71.6 Å². The van der Waals surface area contributed by atoms with Gasteiger partial charge in [-0.1, -0.05) is 46.0 Å². The first kappa shape index (κ1) is 16.8. The highest BCUT2D eigenvalue weighted by Crippen LogP contribution is 2.29. The van der Waals surface area contributed by atoms with Gasteiger partial charge in [-0.05, 0) is 37.6 Å². The molecule has 21 heavy (non-hydrogen) atoms. The number of likely N-dealkylation sites (tertiary alicyclic amines) is 1. The van der Waals surface area contributed by atoms with Gasteiger partial charge in [-0.15, -0.1) is 0 Å². The van der Waals surface area contributed by atoms with Gasteiger partial charge in [0.15, 0.2) is 0 Å². The quantitative estimate of drug-likeness (QED) is 0.778. The zero-order valence-corrected chi connectivity index (χ0v) is 14.1. The predicted octanol–water partition coefficient (Wildman–Crippen LogP) is 3.58. The third-order valence-corrected chi connectivity index (χ3v) is 5.51. The molecule has 2 atom stereocenters. The molecule has 0 aromatic heterocycles. The van der Waals surface area contributed by atoms with E-state index >= 15 is 0 Å². The van der Waals surface area contributed by atoms with Crippen molar-refractivity contribution >= 4 is 5.91 Å². The molecule has 0 aromatic rings. The van der Waals surface area contributed by atoms with Gasteiger partial charge in [0, 0.05) is 25.6 Å². The highest BCUT2D eigenvalue weighted by atomic mass is 16.2. The topological polar surface area (TPSA) is 32.3 Å². The predicted molar refractivity (Wildman–Crippen MR) is 88.3 cm³/mol. The van der Waals surface area contributed by atoms with Gasteiger partial charge in [-0.2, -0.15) is 0 Å². The van der Waals surface area contributed by atoms with Crippen LogP contribution in [0, 0.1) is 11.8 Å². The van der Waals surface area contributed by atoms with E-state index in [4.69, 9.17) is 0 Å². The van der Waals surface area contributed by atoms with E-state index in [2.05, 4.69) is 24.1 Å². The Hall–Kier alpha value is -0.570. The van der Waals surface area contributed by atoms with Gasteiger partial charge in [0.2, 0.25) is 5.91 Å². The number of rotatable bonds is 7. The number of amides is 1. The van der Waals surface area contributed by atoms with Crippen molar-refractivity contribution in [3.8, 4) is 0 Å². The molecule has 0 bridgehead atoms. The van der Waals surface area contributed by atoms with Crippen LogP contribution in [0.4, 0.5) is 0 Å². The van der Waals surface area contributed by atoms with Crippen molar-refractivity contribution in [2.45, 2.75) is 77.7 Å². The third kappa shape index (κ3) is 4.98. The van der Waals surface area contributed by atoms with Crippen molar-refractivity contribution < 1.29 is 4.79 Å². The fourth-order valence-corrected chi connectivity index (χ4v) is 4.06. The molecule has 2 fully saturated rings. The zero-order chi connectivity index (χ0) is 15.1. The first-order valence-corrected chi connectivity index (χ1v) is 9.25. The summed E-state index contributed by atoms with van der Waals surface area (Å²) >= 11 is 0. The SMILES string of the molecule is CCCNC1CCN(C(=O)CCC2CCCC2)CC1CC. The molecule has 1 N–H and O–H groups in total. The largest absolute Gasteiger partial charge is 0.342 e. The van der Waals surface area contributed by atoms with Gasteiger partial charge >= 0.3 is 0 Å². The minimum absolute atomic E-state index is 0.411. The van der Waals surface area contributed by atoms with Crippen molar-refractivity contribution in [2.24, 2.45) is 11.8 Å². The van der Waals surface area contributed by atoms with E-state index < -0.39 is 0 Å². The zero-order valence-electron chi connectivity index (χ0n) is 14.1. The summed E-state index contributed by atoms with van der Waals surface area (Å²) in [5.74, 6) is 1.88. The Balaban J connectivity index is 1.74. The number of carbonyl (C=O) groups is 1. The molecule has 2 rings (SSSR count). The Morgan fingerprint density at radius 2 is 1.95 bits per heavy atom. The van der Waals surface area contributed by atoms with Crippen molar-refractivity contribution in [1.29, 1.82) is 0 Å². The molecule has 1 aliphatic carbocycles. The summed E-state index contributed by atoms with van der Waals surface area (Å²) in [6, 6.07) is 0.619. The normalized spacial score (nSPS) is 27.2. The van der Waals surface area contributed by atoms with Gasteiger partial charge in [0.25, 0.3) is 0 Å². The van der Waals surface area contributed by atoms with Crippen LogP contribution in [-0.2, 0) is 4.79 Å². The van der Waals surface area contributed by atoms with E-state index in [-0.39, 0.29) is 0 Å². The summed E-state index contributed by atoms with van der Waals surface area (Å²) in [6.45, 7) is 7.52. The molecule has 1 heterocycles. The number of nitrogens with zero attached hydrogens (tertiary/aromatic N) is 1. The van der Waals surface area contributed by atoms with Gasteiger partial charge in [-0.3, -0.25) is 4.79 Å². The average molecular weight is 294 g/mol. The van der Waals surface area contributed by atoms with Crippen LogP contribution >= 0.6 is 0 Å². The molecule has 122 valence electrons. The van der Waals surface area contributed by atoms with Gasteiger partial charge in [-0.25, -0.2) is 0 Å².